The summed E-state index contributed by atoms with van der Waals surface area (Å²) in [7, 11) is 0. The van der Waals surface area contributed by atoms with Crippen LogP contribution in [0.3, 0.4) is 0 Å². The number of rotatable bonds is 27. The van der Waals surface area contributed by atoms with Gasteiger partial charge < -0.3 is 53.0 Å². The number of primary amides is 1. The topological polar surface area (TPSA) is 319 Å². The number of anilines is 2. The molecule has 0 bridgehead atoms. The lowest BCUT2D eigenvalue weighted by atomic mass is 10.0. The molecule has 2 aromatic carbocycles. The van der Waals surface area contributed by atoms with Crippen LogP contribution in [0.2, 0.25) is 0 Å². The average Bonchev–Trinajstić information content (AvgIpc) is 3.59. The first-order valence-electron chi connectivity index (χ1n) is 24.7. The van der Waals surface area contributed by atoms with Crippen LogP contribution in [0.15, 0.2) is 83.6 Å². The summed E-state index contributed by atoms with van der Waals surface area (Å²) in [5.41, 5.74) is 15.3. The molecule has 2 aliphatic rings. The number of fused-ring (bicyclic) bond motifs is 1. The lowest BCUT2D eigenvalue weighted by molar-refractivity contribution is -0.137. The van der Waals surface area contributed by atoms with Crippen molar-refractivity contribution in [1.29, 1.82) is 0 Å². The normalized spacial score (nSPS) is 13.6. The molecule has 10 amide bonds. The molecular formula is C52H65IN12O10. The standard InChI is InChI=1S/C52H65IN12O10/c1-4-21-64(23-19-53)50(72)37-25-35-13-14-36(26-41(35)61-42(54)27-37)47(69)60-39-24-34(28-56-30-39)29-58-52(74)75-31-33-11-15-38(16-12-33)59-48(70)40(9-8-20-57-51(55)73)62-49(71)46(32(2)3)63-43(66)10-6-5-7-22-65-44(67)17-18-45(65)68/h11-18,24-26,28,30,32,40,46H,4-10,19-23,27,29,31H2,1-3H3,(H2,54,61)(H,58,74)(H,59,70)(H,60,69)(H,62,71)(H,63,66)(H3,55,57,73)/t40-,46-/m0/s1. The summed E-state index contributed by atoms with van der Waals surface area (Å²) < 4.78 is 6.20. The van der Waals surface area contributed by atoms with Crippen LogP contribution in [0.25, 0.3) is 6.08 Å². The number of nitrogens with one attached hydrogen (secondary N) is 6. The zero-order valence-corrected chi connectivity index (χ0v) is 44.4. The largest absolute Gasteiger partial charge is 0.445 e. The van der Waals surface area contributed by atoms with E-state index in [4.69, 9.17) is 16.2 Å². The van der Waals surface area contributed by atoms with Crippen molar-refractivity contribution in [3.8, 4) is 0 Å². The van der Waals surface area contributed by atoms with Crippen molar-refractivity contribution in [3.05, 3.63) is 101 Å². The van der Waals surface area contributed by atoms with Gasteiger partial charge in [0.05, 0.1) is 17.6 Å². The number of alkyl halides is 1. The second-order valence-corrected chi connectivity index (χ2v) is 19.2. The predicted molar refractivity (Wildman–Crippen MR) is 290 cm³/mol. The number of pyridine rings is 1. The number of aliphatic imine (C=N–C) groups is 1. The van der Waals surface area contributed by atoms with Gasteiger partial charge in [0.25, 0.3) is 17.7 Å². The van der Waals surface area contributed by atoms with Gasteiger partial charge in [-0.2, -0.15) is 0 Å². The highest BCUT2D eigenvalue weighted by Gasteiger charge is 2.29. The molecule has 0 radical (unpaired) electrons. The number of carbonyl (C=O) groups excluding carboxylic acids is 9. The number of hydrogen-bond acceptors (Lipinski definition) is 13. The summed E-state index contributed by atoms with van der Waals surface area (Å²) in [5.74, 6) is -2.84. The molecule has 0 aliphatic carbocycles. The van der Waals surface area contributed by atoms with E-state index in [0.29, 0.717) is 77.2 Å². The number of alkyl carbamates (subject to hydrolysis) is 1. The molecule has 5 rings (SSSR count). The number of hydrogen-bond donors (Lipinski definition) is 8. The monoisotopic (exact) mass is 1140 g/mol. The molecule has 0 fully saturated rings. The Hall–Kier alpha value is -7.70. The van der Waals surface area contributed by atoms with Gasteiger partial charge in [0.15, 0.2) is 0 Å². The van der Waals surface area contributed by atoms with Crippen LogP contribution >= 0.6 is 22.6 Å². The number of ether oxygens (including phenoxy) is 1. The average molecular weight is 1150 g/mol. The number of benzene rings is 2. The van der Waals surface area contributed by atoms with E-state index in [1.807, 2.05) is 11.8 Å². The molecule has 0 spiro atoms. The highest BCUT2D eigenvalue weighted by molar-refractivity contribution is 14.1. The number of imide groups is 1. The smallest absolute Gasteiger partial charge is 0.407 e. The van der Waals surface area contributed by atoms with Gasteiger partial charge >= 0.3 is 12.1 Å². The fraction of sp³-hybridized carbons (Fsp3) is 0.404. The van der Waals surface area contributed by atoms with Gasteiger partial charge in [-0.3, -0.25) is 43.4 Å². The van der Waals surface area contributed by atoms with E-state index in [-0.39, 0.29) is 87.3 Å². The summed E-state index contributed by atoms with van der Waals surface area (Å²) in [6.07, 6.45) is 9.57. The summed E-state index contributed by atoms with van der Waals surface area (Å²) in [6.45, 7) is 7.10. The van der Waals surface area contributed by atoms with E-state index in [1.165, 1.54) is 24.5 Å². The molecule has 3 aromatic rings. The zero-order valence-electron chi connectivity index (χ0n) is 42.2. The van der Waals surface area contributed by atoms with Gasteiger partial charge in [-0.15, -0.1) is 0 Å². The third-order valence-electron chi connectivity index (χ3n) is 11.8. The first-order valence-corrected chi connectivity index (χ1v) is 26.2. The number of urea groups is 1. The summed E-state index contributed by atoms with van der Waals surface area (Å²) in [6, 6.07) is 10.3. The Labute approximate surface area is 448 Å². The number of carbonyl (C=O) groups is 9. The Morgan fingerprint density at radius 1 is 0.840 bits per heavy atom. The van der Waals surface area contributed by atoms with Crippen LogP contribution < -0.4 is 43.4 Å². The second kappa shape index (κ2) is 29.3. The molecule has 75 heavy (non-hydrogen) atoms. The quantitative estimate of drug-likeness (QED) is 0.0223. The summed E-state index contributed by atoms with van der Waals surface area (Å²) in [5, 5.41) is 16.2. The number of halogens is 1. The van der Waals surface area contributed by atoms with Gasteiger partial charge in [0.1, 0.15) is 24.5 Å². The molecule has 400 valence electrons. The minimum atomic E-state index is -1.07. The number of nitrogens with zero attached hydrogens (tertiary/aromatic N) is 4. The molecule has 2 atom stereocenters. The van der Waals surface area contributed by atoms with E-state index in [2.05, 4.69) is 64.5 Å². The van der Waals surface area contributed by atoms with Crippen LogP contribution in [0.4, 0.5) is 26.7 Å². The van der Waals surface area contributed by atoms with Crippen molar-refractivity contribution < 1.29 is 47.9 Å². The minimum Gasteiger partial charge on any atom is -0.445 e. The number of amides is 10. The maximum absolute atomic E-state index is 13.6. The fourth-order valence-electron chi connectivity index (χ4n) is 7.92. The van der Waals surface area contributed by atoms with Gasteiger partial charge in [-0.1, -0.05) is 68.0 Å². The van der Waals surface area contributed by atoms with Gasteiger partial charge in [-0.25, -0.2) is 14.6 Å². The lowest BCUT2D eigenvalue weighted by Crippen LogP contribution is -2.54. The van der Waals surface area contributed by atoms with Gasteiger partial charge in [0, 0.05) is 90.7 Å². The van der Waals surface area contributed by atoms with Crippen LogP contribution in [0.5, 0.6) is 0 Å². The maximum atomic E-state index is 13.6. The zero-order chi connectivity index (χ0) is 54.4. The van der Waals surface area contributed by atoms with E-state index in [9.17, 15) is 43.2 Å². The molecule has 22 nitrogen and oxygen atoms in total. The molecule has 23 heteroatoms. The van der Waals surface area contributed by atoms with Gasteiger partial charge in [-0.05, 0) is 85.6 Å². The highest BCUT2D eigenvalue weighted by Crippen LogP contribution is 2.29. The molecule has 0 saturated heterocycles. The predicted octanol–water partition coefficient (Wildman–Crippen LogP) is 4.71. The molecular weight excluding hydrogens is 1080 g/mol. The molecule has 2 aliphatic heterocycles. The Balaban J connectivity index is 1.09. The number of amidine groups is 1. The highest BCUT2D eigenvalue weighted by atomic mass is 127. The molecule has 3 heterocycles. The van der Waals surface area contributed by atoms with Crippen molar-refractivity contribution in [2.75, 3.05) is 41.2 Å². The van der Waals surface area contributed by atoms with Crippen LogP contribution in [-0.4, -0.2) is 117 Å². The fourth-order valence-corrected chi connectivity index (χ4v) is 8.50. The molecule has 0 unspecified atom stereocenters. The summed E-state index contributed by atoms with van der Waals surface area (Å²) in [4.78, 5) is 126. The van der Waals surface area contributed by atoms with E-state index in [0.717, 1.165) is 15.7 Å². The Kier molecular flexibility index (Phi) is 22.7. The minimum absolute atomic E-state index is 0.0297. The summed E-state index contributed by atoms with van der Waals surface area (Å²) >= 11 is 2.25. The van der Waals surface area contributed by atoms with Crippen LogP contribution in [0.1, 0.15) is 99.2 Å². The van der Waals surface area contributed by atoms with Crippen molar-refractivity contribution >= 4 is 105 Å². The van der Waals surface area contributed by atoms with Crippen LogP contribution in [0, 0.1) is 5.92 Å². The molecule has 0 saturated carbocycles. The molecule has 10 N–H and O–H groups in total. The Morgan fingerprint density at radius 2 is 1.59 bits per heavy atom. The molecule has 1 aromatic heterocycles. The Morgan fingerprint density at radius 3 is 2.28 bits per heavy atom. The van der Waals surface area contributed by atoms with Crippen molar-refractivity contribution in [2.45, 2.75) is 97.4 Å². The number of nitrogens with two attached hydrogens (primary N) is 2. The third-order valence-corrected chi connectivity index (χ3v) is 12.3. The first-order chi connectivity index (χ1) is 35.9. The lowest BCUT2D eigenvalue weighted by Gasteiger charge is -2.25. The Bertz CT molecular complexity index is 2650. The van der Waals surface area contributed by atoms with E-state index >= 15 is 0 Å². The van der Waals surface area contributed by atoms with E-state index < -0.39 is 41.9 Å². The van der Waals surface area contributed by atoms with Crippen molar-refractivity contribution in [1.82, 2.24) is 36.1 Å². The second-order valence-electron chi connectivity index (χ2n) is 18.1. The van der Waals surface area contributed by atoms with Crippen LogP contribution in [-0.2, 0) is 46.7 Å². The van der Waals surface area contributed by atoms with Gasteiger partial charge in [0.2, 0.25) is 23.6 Å². The van der Waals surface area contributed by atoms with Crippen molar-refractivity contribution in [2.24, 2.45) is 22.4 Å². The van der Waals surface area contributed by atoms with Crippen molar-refractivity contribution in [3.63, 3.8) is 0 Å². The third kappa shape index (κ3) is 18.6. The number of aromatic nitrogens is 1. The maximum Gasteiger partial charge on any atom is 0.407 e. The number of unbranched alkanes of at least 4 members (excludes halogenated alkanes) is 2. The van der Waals surface area contributed by atoms with E-state index in [1.54, 1.807) is 68.5 Å². The first kappa shape index (κ1) is 58.2. The SMILES string of the molecule is CCCN(CCI)C(=O)C1=Cc2ccc(C(=O)Nc3cncc(CNC(=O)OCc4ccc(NC(=O)[C@H](CCCNC(N)=O)NC(=O)[C@@H](NC(=O)CCCCCN5C(=O)C=CC5=O)C(C)C)cc4)c3)cc2N=C(N)C1.